The number of benzene rings is 2. The summed E-state index contributed by atoms with van der Waals surface area (Å²) in [5, 5.41) is 6.87. The van der Waals surface area contributed by atoms with Crippen LogP contribution in [0.5, 0.6) is 0 Å². The molecule has 2 aromatic carbocycles. The lowest BCUT2D eigenvalue weighted by atomic mass is 10.1. The Balaban J connectivity index is 1.78. The van der Waals surface area contributed by atoms with Gasteiger partial charge >= 0.3 is 6.18 Å². The number of hydrogen-bond acceptors (Lipinski definition) is 3. The first kappa shape index (κ1) is 20.2. The summed E-state index contributed by atoms with van der Waals surface area (Å²) in [6.45, 7) is 0. The molecule has 1 amide bonds. The number of carbonyl (C=O) groups is 1. The molecular weight excluding hydrogens is 440 g/mol. The Morgan fingerprint density at radius 2 is 1.73 bits per heavy atom. The van der Waals surface area contributed by atoms with Crippen LogP contribution in [0.3, 0.4) is 0 Å². The van der Waals surface area contributed by atoms with Crippen molar-refractivity contribution in [2.24, 2.45) is 0 Å². The van der Waals surface area contributed by atoms with E-state index in [1.165, 1.54) is 24.3 Å². The van der Waals surface area contributed by atoms with Crippen LogP contribution in [0.15, 0.2) is 60.7 Å². The van der Waals surface area contributed by atoms with E-state index in [4.69, 9.17) is 23.2 Å². The third-order valence-electron chi connectivity index (χ3n) is 4.20. The summed E-state index contributed by atoms with van der Waals surface area (Å²) in [4.78, 5) is 16.8. The summed E-state index contributed by atoms with van der Waals surface area (Å²) in [6, 6.07) is 14.9. The minimum Gasteiger partial charge on any atom is -0.319 e. The van der Waals surface area contributed by atoms with Crippen LogP contribution in [-0.2, 0) is 6.18 Å². The van der Waals surface area contributed by atoms with Gasteiger partial charge in [0.25, 0.3) is 5.91 Å². The first-order valence-electron chi connectivity index (χ1n) is 8.52. The summed E-state index contributed by atoms with van der Waals surface area (Å²) in [6.07, 6.45) is -4.70. The molecule has 1 N–H and O–H groups in total. The van der Waals surface area contributed by atoms with Crippen molar-refractivity contribution in [2.75, 3.05) is 5.32 Å². The molecule has 0 spiro atoms. The smallest absolute Gasteiger partial charge is 0.319 e. The highest BCUT2D eigenvalue weighted by atomic mass is 35.5. The summed E-state index contributed by atoms with van der Waals surface area (Å²) in [5.41, 5.74) is -0.541. The topological polar surface area (TPSA) is 59.3 Å². The standard InChI is InChI=1S/C20H11Cl2F3N4O/c21-12-6-7-14(13(22)8-12)27-19(30)16-10-18-26-15(11-4-2-1-3-5-11)9-17(20(23,24)25)29(18)28-16/h1-10H,(H,27,30). The van der Waals surface area contributed by atoms with E-state index in [1.54, 1.807) is 30.3 Å². The average Bonchev–Trinajstić information content (AvgIpc) is 3.13. The first-order valence-corrected chi connectivity index (χ1v) is 9.28. The van der Waals surface area contributed by atoms with Gasteiger partial charge in [-0.2, -0.15) is 18.3 Å². The van der Waals surface area contributed by atoms with Gasteiger partial charge in [-0.15, -0.1) is 0 Å². The zero-order valence-electron chi connectivity index (χ0n) is 14.9. The van der Waals surface area contributed by atoms with Crippen LogP contribution in [-0.4, -0.2) is 20.5 Å². The highest BCUT2D eigenvalue weighted by Crippen LogP contribution is 2.32. The number of halogens is 5. The van der Waals surface area contributed by atoms with E-state index in [-0.39, 0.29) is 27.7 Å². The number of aromatic nitrogens is 3. The number of alkyl halides is 3. The number of amides is 1. The van der Waals surface area contributed by atoms with Crippen molar-refractivity contribution < 1.29 is 18.0 Å². The Kier molecular flexibility index (Phi) is 5.13. The van der Waals surface area contributed by atoms with Crippen molar-refractivity contribution in [1.82, 2.24) is 14.6 Å². The molecule has 0 bridgehead atoms. The molecule has 152 valence electrons. The summed E-state index contributed by atoms with van der Waals surface area (Å²) < 4.78 is 41.5. The zero-order chi connectivity index (χ0) is 21.5. The quantitative estimate of drug-likeness (QED) is 0.417. The van der Waals surface area contributed by atoms with Crippen LogP contribution < -0.4 is 5.32 Å². The molecule has 0 aliphatic carbocycles. The molecule has 30 heavy (non-hydrogen) atoms. The van der Waals surface area contributed by atoms with E-state index in [0.29, 0.717) is 15.1 Å². The van der Waals surface area contributed by atoms with Gasteiger partial charge in [0, 0.05) is 16.7 Å². The second-order valence-corrected chi connectivity index (χ2v) is 7.11. The normalized spacial score (nSPS) is 11.6. The molecule has 2 aromatic heterocycles. The van der Waals surface area contributed by atoms with E-state index >= 15 is 0 Å². The van der Waals surface area contributed by atoms with E-state index in [1.807, 2.05) is 0 Å². The Morgan fingerprint density at radius 3 is 2.40 bits per heavy atom. The summed E-state index contributed by atoms with van der Waals surface area (Å²) in [5.74, 6) is -0.737. The predicted octanol–water partition coefficient (Wildman–Crippen LogP) is 5.97. The minimum atomic E-state index is -4.70. The molecule has 0 saturated heterocycles. The van der Waals surface area contributed by atoms with Gasteiger partial charge < -0.3 is 5.32 Å². The van der Waals surface area contributed by atoms with Crippen LogP contribution in [0.2, 0.25) is 10.0 Å². The van der Waals surface area contributed by atoms with E-state index < -0.39 is 17.8 Å². The van der Waals surface area contributed by atoms with Crippen molar-refractivity contribution >= 4 is 40.4 Å². The molecule has 0 aliphatic rings. The fourth-order valence-electron chi connectivity index (χ4n) is 2.82. The largest absolute Gasteiger partial charge is 0.433 e. The Bertz CT molecular complexity index is 1260. The van der Waals surface area contributed by atoms with Crippen LogP contribution in [0.4, 0.5) is 18.9 Å². The molecule has 0 saturated carbocycles. The monoisotopic (exact) mass is 450 g/mol. The second kappa shape index (κ2) is 7.62. The maximum Gasteiger partial charge on any atom is 0.433 e. The molecule has 4 aromatic rings. The predicted molar refractivity (Wildman–Crippen MR) is 108 cm³/mol. The third kappa shape index (κ3) is 3.96. The number of hydrogen-bond donors (Lipinski definition) is 1. The van der Waals surface area contributed by atoms with Gasteiger partial charge in [-0.1, -0.05) is 53.5 Å². The van der Waals surface area contributed by atoms with Crippen LogP contribution in [0, 0.1) is 0 Å². The molecule has 0 radical (unpaired) electrons. The molecule has 5 nitrogen and oxygen atoms in total. The maximum absolute atomic E-state index is 13.6. The van der Waals surface area contributed by atoms with Crippen molar-refractivity contribution in [1.29, 1.82) is 0 Å². The van der Waals surface area contributed by atoms with Gasteiger partial charge in [0.2, 0.25) is 0 Å². The highest BCUT2D eigenvalue weighted by Gasteiger charge is 2.35. The van der Waals surface area contributed by atoms with Crippen molar-refractivity contribution in [3.8, 4) is 11.3 Å². The number of carbonyl (C=O) groups excluding carboxylic acids is 1. The molecular formula is C20H11Cl2F3N4O. The number of rotatable bonds is 3. The van der Waals surface area contributed by atoms with Crippen molar-refractivity contribution in [3.05, 3.63) is 82.1 Å². The SMILES string of the molecule is O=C(Nc1ccc(Cl)cc1Cl)c1cc2nc(-c3ccccc3)cc(C(F)(F)F)n2n1. The lowest BCUT2D eigenvalue weighted by Crippen LogP contribution is -2.16. The van der Waals surface area contributed by atoms with E-state index in [2.05, 4.69) is 15.4 Å². The van der Waals surface area contributed by atoms with Crippen molar-refractivity contribution in [2.45, 2.75) is 6.18 Å². The molecule has 4 rings (SSSR count). The zero-order valence-corrected chi connectivity index (χ0v) is 16.4. The van der Waals surface area contributed by atoms with Crippen LogP contribution >= 0.6 is 23.2 Å². The fourth-order valence-corrected chi connectivity index (χ4v) is 3.28. The second-order valence-electron chi connectivity index (χ2n) is 6.27. The van der Waals surface area contributed by atoms with E-state index in [0.717, 1.165) is 6.07 Å². The van der Waals surface area contributed by atoms with Gasteiger partial charge in [-0.3, -0.25) is 4.79 Å². The van der Waals surface area contributed by atoms with Crippen LogP contribution in [0.1, 0.15) is 16.2 Å². The lowest BCUT2D eigenvalue weighted by molar-refractivity contribution is -0.142. The fraction of sp³-hybridized carbons (Fsp3) is 0.0500. The number of nitrogens with zero attached hydrogens (tertiary/aromatic N) is 3. The molecule has 0 unspecified atom stereocenters. The van der Waals surface area contributed by atoms with Gasteiger partial charge in [-0.05, 0) is 24.3 Å². The average molecular weight is 451 g/mol. The van der Waals surface area contributed by atoms with E-state index in [9.17, 15) is 18.0 Å². The Hall–Kier alpha value is -3.10. The molecule has 10 heteroatoms. The van der Waals surface area contributed by atoms with Gasteiger partial charge in [0.15, 0.2) is 17.0 Å². The van der Waals surface area contributed by atoms with Gasteiger partial charge in [0.05, 0.1) is 16.4 Å². The molecule has 0 fully saturated rings. The minimum absolute atomic E-state index is 0.114. The third-order valence-corrected chi connectivity index (χ3v) is 4.75. The Morgan fingerprint density at radius 1 is 1.00 bits per heavy atom. The molecule has 2 heterocycles. The summed E-state index contributed by atoms with van der Waals surface area (Å²) in [7, 11) is 0. The first-order chi connectivity index (χ1) is 14.2. The van der Waals surface area contributed by atoms with Gasteiger partial charge in [0.1, 0.15) is 0 Å². The maximum atomic E-state index is 13.6. The Labute approximate surface area is 178 Å². The van der Waals surface area contributed by atoms with Crippen molar-refractivity contribution in [3.63, 3.8) is 0 Å². The lowest BCUT2D eigenvalue weighted by Gasteiger charge is -2.11. The van der Waals surface area contributed by atoms with Gasteiger partial charge in [-0.25, -0.2) is 9.50 Å². The number of anilines is 1. The number of fused-ring (bicyclic) bond motifs is 1. The highest BCUT2D eigenvalue weighted by molar-refractivity contribution is 6.36. The molecule has 0 atom stereocenters. The molecule has 0 aliphatic heterocycles. The summed E-state index contributed by atoms with van der Waals surface area (Å²) >= 11 is 11.8. The van der Waals surface area contributed by atoms with Crippen LogP contribution in [0.25, 0.3) is 16.9 Å². The number of nitrogens with one attached hydrogen (secondary N) is 1.